The molecule has 0 fully saturated rings. The molecule has 0 spiro atoms. The zero-order valence-electron chi connectivity index (χ0n) is 18.9. The molecular weight excluding hydrogens is 430 g/mol. The van der Waals surface area contributed by atoms with E-state index < -0.39 is 5.91 Å². The second-order valence-electron chi connectivity index (χ2n) is 7.87. The fourth-order valence-corrected chi connectivity index (χ4v) is 3.34. The van der Waals surface area contributed by atoms with Crippen LogP contribution in [0.4, 0.5) is 0 Å². The van der Waals surface area contributed by atoms with Crippen molar-refractivity contribution in [1.82, 2.24) is 25.6 Å². The molecule has 0 saturated heterocycles. The van der Waals surface area contributed by atoms with E-state index in [1.54, 1.807) is 10.7 Å². The molecule has 1 aromatic heterocycles. The van der Waals surface area contributed by atoms with Gasteiger partial charge < -0.3 is 4.74 Å². The van der Waals surface area contributed by atoms with E-state index in [1.807, 2.05) is 92.7 Å². The Morgan fingerprint density at radius 2 is 1.62 bits per heavy atom. The first-order valence-electron chi connectivity index (χ1n) is 10.9. The summed E-state index contributed by atoms with van der Waals surface area (Å²) in [6, 6.07) is 26.2. The van der Waals surface area contributed by atoms with Gasteiger partial charge in [-0.2, -0.15) is 0 Å². The van der Waals surface area contributed by atoms with Gasteiger partial charge in [-0.05, 0) is 43.7 Å². The predicted molar refractivity (Wildman–Crippen MR) is 128 cm³/mol. The van der Waals surface area contributed by atoms with Gasteiger partial charge in [0.2, 0.25) is 11.7 Å². The summed E-state index contributed by atoms with van der Waals surface area (Å²) in [5.74, 6) is 0.159. The summed E-state index contributed by atoms with van der Waals surface area (Å²) in [5.41, 5.74) is 7.17. The lowest BCUT2D eigenvalue weighted by atomic mass is 10.1. The number of benzene rings is 3. The van der Waals surface area contributed by atoms with Gasteiger partial charge in [0, 0.05) is 5.56 Å². The highest BCUT2D eigenvalue weighted by molar-refractivity contribution is 5.92. The number of hydrogen-bond donors (Lipinski definition) is 2. The lowest BCUT2D eigenvalue weighted by Gasteiger charge is -2.11. The SMILES string of the molecule is CC(C)Oc1cccc(CC(=O)NNC(=O)c2nc(-c3ccccc3)n(-c3ccccc3)n2)c1. The molecule has 0 unspecified atom stereocenters. The van der Waals surface area contributed by atoms with Crippen molar-refractivity contribution in [3.63, 3.8) is 0 Å². The van der Waals surface area contributed by atoms with Crippen molar-refractivity contribution in [1.29, 1.82) is 0 Å². The van der Waals surface area contributed by atoms with Crippen molar-refractivity contribution >= 4 is 11.8 Å². The van der Waals surface area contributed by atoms with Crippen molar-refractivity contribution in [2.75, 3.05) is 0 Å². The molecule has 4 rings (SSSR count). The maximum Gasteiger partial charge on any atom is 0.309 e. The fourth-order valence-electron chi connectivity index (χ4n) is 3.34. The minimum Gasteiger partial charge on any atom is -0.491 e. The van der Waals surface area contributed by atoms with Crippen LogP contribution in [0.5, 0.6) is 5.75 Å². The van der Waals surface area contributed by atoms with E-state index in [9.17, 15) is 9.59 Å². The summed E-state index contributed by atoms with van der Waals surface area (Å²) in [5, 5.41) is 4.38. The van der Waals surface area contributed by atoms with Crippen LogP contribution in [-0.2, 0) is 11.2 Å². The van der Waals surface area contributed by atoms with Crippen LogP contribution in [0.1, 0.15) is 30.0 Å². The van der Waals surface area contributed by atoms with Crippen LogP contribution >= 0.6 is 0 Å². The third kappa shape index (κ3) is 5.66. The second kappa shape index (κ2) is 10.4. The van der Waals surface area contributed by atoms with Gasteiger partial charge in [0.15, 0.2) is 5.82 Å². The zero-order valence-corrected chi connectivity index (χ0v) is 18.9. The summed E-state index contributed by atoms with van der Waals surface area (Å²) in [7, 11) is 0. The Morgan fingerprint density at radius 1 is 0.912 bits per heavy atom. The number of hydrazine groups is 1. The number of rotatable bonds is 7. The zero-order chi connectivity index (χ0) is 23.9. The molecule has 2 amide bonds. The Balaban J connectivity index is 1.46. The molecule has 0 aliphatic carbocycles. The number of carbonyl (C=O) groups excluding carboxylic acids is 2. The number of aromatic nitrogens is 3. The second-order valence-corrected chi connectivity index (χ2v) is 7.87. The van der Waals surface area contributed by atoms with Crippen LogP contribution in [0.25, 0.3) is 17.1 Å². The summed E-state index contributed by atoms with van der Waals surface area (Å²) >= 11 is 0. The molecule has 0 aliphatic heterocycles. The lowest BCUT2D eigenvalue weighted by molar-refractivity contribution is -0.121. The quantitative estimate of drug-likeness (QED) is 0.414. The third-order valence-corrected chi connectivity index (χ3v) is 4.79. The predicted octanol–water partition coefficient (Wildman–Crippen LogP) is 3.73. The highest BCUT2D eigenvalue weighted by Gasteiger charge is 2.19. The standard InChI is InChI=1S/C26H25N5O3/c1-18(2)34-22-15-9-10-19(16-22)17-23(32)28-29-26(33)24-27-25(20-11-5-3-6-12-20)31(30-24)21-13-7-4-8-14-21/h3-16,18H,17H2,1-2H3,(H,28,32)(H,29,33). The average molecular weight is 456 g/mol. The summed E-state index contributed by atoms with van der Waals surface area (Å²) in [6.45, 7) is 3.87. The van der Waals surface area contributed by atoms with E-state index in [0.717, 1.165) is 16.8 Å². The Hall–Kier alpha value is -4.46. The van der Waals surface area contributed by atoms with Crippen LogP contribution in [0.2, 0.25) is 0 Å². The monoisotopic (exact) mass is 455 g/mol. The third-order valence-electron chi connectivity index (χ3n) is 4.79. The molecule has 8 heteroatoms. The van der Waals surface area contributed by atoms with Crippen LogP contribution in [0.3, 0.4) is 0 Å². The van der Waals surface area contributed by atoms with E-state index >= 15 is 0 Å². The van der Waals surface area contributed by atoms with Crippen LogP contribution < -0.4 is 15.6 Å². The van der Waals surface area contributed by atoms with Gasteiger partial charge in [0.25, 0.3) is 0 Å². The van der Waals surface area contributed by atoms with Crippen molar-refractivity contribution in [3.8, 4) is 22.8 Å². The van der Waals surface area contributed by atoms with E-state index in [2.05, 4.69) is 20.9 Å². The highest BCUT2D eigenvalue weighted by atomic mass is 16.5. The molecule has 8 nitrogen and oxygen atoms in total. The molecule has 0 radical (unpaired) electrons. The van der Waals surface area contributed by atoms with Crippen molar-refractivity contribution in [2.45, 2.75) is 26.4 Å². The molecule has 2 N–H and O–H groups in total. The normalized spacial score (nSPS) is 10.7. The molecule has 0 atom stereocenters. The number of para-hydroxylation sites is 1. The first-order chi connectivity index (χ1) is 16.5. The topological polar surface area (TPSA) is 98.1 Å². The van der Waals surface area contributed by atoms with E-state index in [4.69, 9.17) is 4.74 Å². The number of carbonyl (C=O) groups is 2. The number of hydrogen-bond acceptors (Lipinski definition) is 5. The number of nitrogens with zero attached hydrogens (tertiary/aromatic N) is 3. The van der Waals surface area contributed by atoms with Gasteiger partial charge in [-0.1, -0.05) is 60.7 Å². The van der Waals surface area contributed by atoms with Gasteiger partial charge in [-0.25, -0.2) is 9.67 Å². The molecular formula is C26H25N5O3. The molecule has 34 heavy (non-hydrogen) atoms. The highest BCUT2D eigenvalue weighted by Crippen LogP contribution is 2.21. The number of amides is 2. The maximum atomic E-state index is 12.7. The molecule has 0 saturated carbocycles. The van der Waals surface area contributed by atoms with Gasteiger partial charge in [0.1, 0.15) is 5.75 Å². The summed E-state index contributed by atoms with van der Waals surface area (Å²) in [4.78, 5) is 29.5. The number of ether oxygens (including phenoxy) is 1. The molecule has 172 valence electrons. The van der Waals surface area contributed by atoms with Crippen molar-refractivity contribution < 1.29 is 14.3 Å². The molecule has 4 aromatic rings. The minimum absolute atomic E-state index is 0.0346. The molecule has 3 aromatic carbocycles. The maximum absolute atomic E-state index is 12.7. The number of nitrogens with one attached hydrogen (secondary N) is 2. The fraction of sp³-hybridized carbons (Fsp3) is 0.154. The van der Waals surface area contributed by atoms with Gasteiger partial charge in [-0.15, -0.1) is 5.10 Å². The Bertz CT molecular complexity index is 1210. The van der Waals surface area contributed by atoms with Crippen molar-refractivity contribution in [2.24, 2.45) is 0 Å². The smallest absolute Gasteiger partial charge is 0.309 e. The van der Waals surface area contributed by atoms with Gasteiger partial charge in [-0.3, -0.25) is 20.4 Å². The van der Waals surface area contributed by atoms with E-state index in [1.165, 1.54) is 0 Å². The van der Waals surface area contributed by atoms with Crippen LogP contribution in [-0.4, -0.2) is 32.7 Å². The molecule has 0 aliphatic rings. The largest absolute Gasteiger partial charge is 0.491 e. The van der Waals surface area contributed by atoms with Gasteiger partial charge >= 0.3 is 5.91 Å². The lowest BCUT2D eigenvalue weighted by Crippen LogP contribution is -2.42. The Kier molecular flexibility index (Phi) is 6.98. The first-order valence-corrected chi connectivity index (χ1v) is 10.9. The van der Waals surface area contributed by atoms with Crippen molar-refractivity contribution in [3.05, 3.63) is 96.3 Å². The summed E-state index contributed by atoms with van der Waals surface area (Å²) in [6.07, 6.45) is 0.115. The summed E-state index contributed by atoms with van der Waals surface area (Å²) < 4.78 is 7.26. The van der Waals surface area contributed by atoms with Crippen LogP contribution in [0, 0.1) is 0 Å². The van der Waals surface area contributed by atoms with Gasteiger partial charge in [0.05, 0.1) is 18.2 Å². The van der Waals surface area contributed by atoms with E-state index in [0.29, 0.717) is 11.6 Å². The Morgan fingerprint density at radius 3 is 2.32 bits per heavy atom. The van der Waals surface area contributed by atoms with E-state index in [-0.39, 0.29) is 24.3 Å². The first kappa shape index (κ1) is 22.7. The van der Waals surface area contributed by atoms with Crippen LogP contribution in [0.15, 0.2) is 84.9 Å². The Labute approximate surface area is 197 Å². The molecule has 0 bridgehead atoms. The average Bonchev–Trinajstić information content (AvgIpc) is 3.29. The minimum atomic E-state index is -0.614. The molecule has 1 heterocycles.